The predicted octanol–water partition coefficient (Wildman–Crippen LogP) is 1.92. The number of aryl methyl sites for hydroxylation is 3. The van der Waals surface area contributed by atoms with Crippen molar-refractivity contribution in [3.8, 4) is 0 Å². The van der Waals surface area contributed by atoms with Crippen LogP contribution in [0.5, 0.6) is 0 Å². The highest BCUT2D eigenvalue weighted by atomic mass is 16.2. The van der Waals surface area contributed by atoms with Gasteiger partial charge in [0.2, 0.25) is 0 Å². The van der Waals surface area contributed by atoms with Crippen molar-refractivity contribution >= 4 is 5.91 Å². The van der Waals surface area contributed by atoms with Gasteiger partial charge in [0.1, 0.15) is 11.9 Å². The minimum Gasteiger partial charge on any atom is -0.345 e. The Morgan fingerprint density at radius 2 is 2.06 bits per heavy atom. The Hall–Kier alpha value is -3.26. The molecule has 0 bridgehead atoms. The molecule has 1 aromatic carbocycles. The third kappa shape index (κ3) is 5.31. The van der Waals surface area contributed by atoms with Crippen LogP contribution in [0.2, 0.25) is 0 Å². The molecule has 1 unspecified atom stereocenters. The van der Waals surface area contributed by atoms with E-state index in [-0.39, 0.29) is 23.6 Å². The number of rotatable bonds is 8. The molecule has 0 saturated carbocycles. The van der Waals surface area contributed by atoms with Crippen molar-refractivity contribution in [3.05, 3.63) is 81.8 Å². The molecule has 2 aromatic heterocycles. The fourth-order valence-electron chi connectivity index (χ4n) is 4.19. The largest absolute Gasteiger partial charge is 0.345 e. The van der Waals surface area contributed by atoms with Crippen LogP contribution in [-0.2, 0) is 26.1 Å². The first-order chi connectivity index (χ1) is 15.6. The first-order valence-corrected chi connectivity index (χ1v) is 11.2. The number of benzene rings is 1. The Kier molecular flexibility index (Phi) is 7.11. The zero-order valence-electron chi connectivity index (χ0n) is 18.5. The molecule has 168 valence electrons. The highest BCUT2D eigenvalue weighted by Gasteiger charge is 2.19. The van der Waals surface area contributed by atoms with Gasteiger partial charge in [-0.25, -0.2) is 0 Å². The summed E-state index contributed by atoms with van der Waals surface area (Å²) < 4.78 is 3.60. The molecule has 2 N–H and O–H groups in total. The number of amides is 1. The van der Waals surface area contributed by atoms with Crippen molar-refractivity contribution in [3.63, 3.8) is 0 Å². The summed E-state index contributed by atoms with van der Waals surface area (Å²) in [6.45, 7) is 5.29. The molecule has 4 rings (SSSR count). The molecule has 0 aliphatic carbocycles. The van der Waals surface area contributed by atoms with Gasteiger partial charge < -0.3 is 19.8 Å². The fraction of sp³-hybridized carbons (Fsp3) is 0.417. The monoisotopic (exact) mass is 434 g/mol. The lowest BCUT2D eigenvalue weighted by atomic mass is 9.99. The minimum absolute atomic E-state index is 0.201. The number of nitrogens with one attached hydrogen (secondary N) is 2. The van der Waals surface area contributed by atoms with Crippen molar-refractivity contribution in [1.82, 2.24) is 30.0 Å². The van der Waals surface area contributed by atoms with E-state index >= 15 is 0 Å². The first-order valence-electron chi connectivity index (χ1n) is 11.2. The molecule has 8 nitrogen and oxygen atoms in total. The molecule has 32 heavy (non-hydrogen) atoms. The Bertz CT molecular complexity index is 1100. The van der Waals surface area contributed by atoms with E-state index < -0.39 is 0 Å². The van der Waals surface area contributed by atoms with E-state index in [2.05, 4.69) is 33.0 Å². The molecular weight excluding hydrogens is 404 g/mol. The van der Waals surface area contributed by atoms with Gasteiger partial charge in [-0.3, -0.25) is 9.59 Å². The highest BCUT2D eigenvalue weighted by Crippen LogP contribution is 2.12. The predicted molar refractivity (Wildman–Crippen MR) is 122 cm³/mol. The van der Waals surface area contributed by atoms with Gasteiger partial charge in [0, 0.05) is 19.3 Å². The Morgan fingerprint density at radius 3 is 2.84 bits per heavy atom. The lowest BCUT2D eigenvalue weighted by Gasteiger charge is -2.23. The van der Waals surface area contributed by atoms with Crippen LogP contribution in [-0.4, -0.2) is 38.3 Å². The maximum absolute atomic E-state index is 13.0. The number of carbonyl (C=O) groups is 1. The van der Waals surface area contributed by atoms with Gasteiger partial charge >= 0.3 is 0 Å². The molecule has 1 aliphatic rings. The average molecular weight is 435 g/mol. The number of carbonyl (C=O) groups excluding carboxylic acids is 1. The van der Waals surface area contributed by atoms with Crippen molar-refractivity contribution in [1.29, 1.82) is 0 Å². The van der Waals surface area contributed by atoms with E-state index in [0.29, 0.717) is 23.9 Å². The number of nitrogens with zero attached hydrogens (tertiary/aromatic N) is 4. The van der Waals surface area contributed by atoms with Crippen molar-refractivity contribution in [2.75, 3.05) is 13.1 Å². The number of hydrogen-bond donors (Lipinski definition) is 2. The summed E-state index contributed by atoms with van der Waals surface area (Å²) >= 11 is 0. The van der Waals surface area contributed by atoms with E-state index in [1.807, 2.05) is 28.8 Å². The molecular formula is C24H30N6O2. The smallest absolute Gasteiger partial charge is 0.263 e. The van der Waals surface area contributed by atoms with Crippen LogP contribution < -0.4 is 16.2 Å². The topological polar surface area (TPSA) is 93.8 Å². The quantitative estimate of drug-likeness (QED) is 0.565. The summed E-state index contributed by atoms with van der Waals surface area (Å²) in [6.07, 6.45) is 6.52. The van der Waals surface area contributed by atoms with Crippen LogP contribution >= 0.6 is 0 Å². The SMILES string of the molecule is Cc1ccn(CC2CCCNC2)c(=O)c1C(=O)NCc1nncn1CCc1ccccc1. The minimum atomic E-state index is -0.374. The lowest BCUT2D eigenvalue weighted by Crippen LogP contribution is -2.38. The van der Waals surface area contributed by atoms with Crippen LogP contribution in [0.3, 0.4) is 0 Å². The summed E-state index contributed by atoms with van der Waals surface area (Å²) in [4.78, 5) is 26.0. The Labute approximate surface area is 187 Å². The lowest BCUT2D eigenvalue weighted by molar-refractivity contribution is 0.0946. The first kappa shape index (κ1) is 22.0. The van der Waals surface area contributed by atoms with Gasteiger partial charge in [0.15, 0.2) is 5.82 Å². The average Bonchev–Trinajstić information content (AvgIpc) is 3.27. The van der Waals surface area contributed by atoms with E-state index in [1.54, 1.807) is 24.0 Å². The van der Waals surface area contributed by atoms with E-state index in [4.69, 9.17) is 0 Å². The second kappa shape index (κ2) is 10.4. The molecule has 0 radical (unpaired) electrons. The van der Waals surface area contributed by atoms with E-state index in [0.717, 1.165) is 38.9 Å². The van der Waals surface area contributed by atoms with Gasteiger partial charge in [0.05, 0.1) is 6.54 Å². The summed E-state index contributed by atoms with van der Waals surface area (Å²) in [5.41, 5.74) is 1.87. The van der Waals surface area contributed by atoms with Crippen LogP contribution in [0.25, 0.3) is 0 Å². The molecule has 1 amide bonds. The highest BCUT2D eigenvalue weighted by molar-refractivity contribution is 5.95. The zero-order chi connectivity index (χ0) is 22.3. The molecule has 3 aromatic rings. The van der Waals surface area contributed by atoms with Gasteiger partial charge in [-0.1, -0.05) is 30.3 Å². The van der Waals surface area contributed by atoms with Crippen molar-refractivity contribution in [2.24, 2.45) is 5.92 Å². The third-order valence-corrected chi connectivity index (χ3v) is 6.04. The molecule has 3 heterocycles. The van der Waals surface area contributed by atoms with Gasteiger partial charge in [-0.15, -0.1) is 10.2 Å². The van der Waals surface area contributed by atoms with E-state index in [1.165, 1.54) is 5.56 Å². The molecule has 1 fully saturated rings. The summed E-state index contributed by atoms with van der Waals surface area (Å²) in [7, 11) is 0. The standard InChI is InChI=1S/C24H30N6O2/c1-18-9-12-29(16-20-8-5-11-25-14-20)24(32)22(18)23(31)26-15-21-28-27-17-30(21)13-10-19-6-3-2-4-7-19/h2-4,6-7,9,12,17,20,25H,5,8,10-11,13-16H2,1H3,(H,26,31). The number of pyridine rings is 1. The maximum Gasteiger partial charge on any atom is 0.263 e. The second-order valence-electron chi connectivity index (χ2n) is 8.40. The fourth-order valence-corrected chi connectivity index (χ4v) is 4.19. The summed E-state index contributed by atoms with van der Waals surface area (Å²) in [6, 6.07) is 12.0. The molecule has 8 heteroatoms. The van der Waals surface area contributed by atoms with Crippen LogP contribution in [0.1, 0.15) is 40.2 Å². The van der Waals surface area contributed by atoms with Crippen LogP contribution in [0.15, 0.2) is 53.7 Å². The van der Waals surface area contributed by atoms with Crippen molar-refractivity contribution in [2.45, 2.75) is 45.8 Å². The van der Waals surface area contributed by atoms with Crippen molar-refractivity contribution < 1.29 is 4.79 Å². The van der Waals surface area contributed by atoms with Gasteiger partial charge in [0.25, 0.3) is 11.5 Å². The third-order valence-electron chi connectivity index (χ3n) is 6.04. The molecule has 0 spiro atoms. The number of piperidine rings is 1. The van der Waals surface area contributed by atoms with E-state index in [9.17, 15) is 9.59 Å². The Morgan fingerprint density at radius 1 is 1.22 bits per heavy atom. The van der Waals surface area contributed by atoms with Crippen LogP contribution in [0, 0.1) is 12.8 Å². The maximum atomic E-state index is 13.0. The number of aromatic nitrogens is 4. The Balaban J connectivity index is 1.41. The molecule has 1 aliphatic heterocycles. The second-order valence-corrected chi connectivity index (χ2v) is 8.40. The summed E-state index contributed by atoms with van der Waals surface area (Å²) in [5, 5.41) is 14.4. The number of hydrogen-bond acceptors (Lipinski definition) is 5. The van der Waals surface area contributed by atoms with Crippen LogP contribution in [0.4, 0.5) is 0 Å². The normalized spacial score (nSPS) is 16.1. The van der Waals surface area contributed by atoms with Gasteiger partial charge in [-0.05, 0) is 62.4 Å². The van der Waals surface area contributed by atoms with Gasteiger partial charge in [-0.2, -0.15) is 0 Å². The summed E-state index contributed by atoms with van der Waals surface area (Å²) in [5.74, 6) is 0.695. The zero-order valence-corrected chi connectivity index (χ0v) is 18.5. The molecule has 1 saturated heterocycles. The molecule has 1 atom stereocenters.